The van der Waals surface area contributed by atoms with E-state index < -0.39 is 5.82 Å². The van der Waals surface area contributed by atoms with Gasteiger partial charge in [-0.05, 0) is 30.7 Å². The Bertz CT molecular complexity index is 644. The topological polar surface area (TPSA) is 39.2 Å². The Morgan fingerprint density at radius 3 is 2.74 bits per heavy atom. The van der Waals surface area contributed by atoms with Crippen LogP contribution in [0.2, 0.25) is 5.02 Å². The summed E-state index contributed by atoms with van der Waals surface area (Å²) in [6.45, 7) is 1.77. The van der Waals surface area contributed by atoms with Crippen LogP contribution >= 0.6 is 11.6 Å². The molecule has 0 aliphatic rings. The van der Waals surface area contributed by atoms with Crippen molar-refractivity contribution in [3.63, 3.8) is 0 Å². The molecule has 0 saturated carbocycles. The van der Waals surface area contributed by atoms with Crippen LogP contribution in [0.5, 0.6) is 5.75 Å². The number of rotatable bonds is 3. The van der Waals surface area contributed by atoms with E-state index in [0.717, 1.165) is 0 Å². The molecule has 0 atom stereocenters. The van der Waals surface area contributed by atoms with E-state index in [1.807, 2.05) is 0 Å². The Morgan fingerprint density at radius 2 is 2.11 bits per heavy atom. The molecule has 5 heteroatoms. The van der Waals surface area contributed by atoms with E-state index in [1.54, 1.807) is 13.0 Å². The first-order valence-corrected chi connectivity index (χ1v) is 5.90. The van der Waals surface area contributed by atoms with Crippen molar-refractivity contribution in [1.29, 1.82) is 0 Å². The molecule has 3 nitrogen and oxygen atoms in total. The number of aromatic nitrogens is 1. The van der Waals surface area contributed by atoms with Crippen LogP contribution in [-0.2, 0) is 0 Å². The lowest BCUT2D eigenvalue weighted by atomic mass is 10.0. The summed E-state index contributed by atoms with van der Waals surface area (Å²) < 4.78 is 19.3. The second-order valence-electron chi connectivity index (χ2n) is 3.97. The van der Waals surface area contributed by atoms with Crippen molar-refractivity contribution in [2.45, 2.75) is 6.92 Å². The molecule has 98 valence electrons. The summed E-state index contributed by atoms with van der Waals surface area (Å²) in [5, 5.41) is 0.183. The van der Waals surface area contributed by atoms with Crippen LogP contribution in [0.15, 0.2) is 24.4 Å². The maximum atomic E-state index is 14.3. The fourth-order valence-corrected chi connectivity index (χ4v) is 2.05. The lowest BCUT2D eigenvalue weighted by Crippen LogP contribution is -1.97. The summed E-state index contributed by atoms with van der Waals surface area (Å²) in [7, 11) is 1.34. The molecular weight excluding hydrogens is 269 g/mol. The molecule has 0 aliphatic carbocycles. The first-order valence-electron chi connectivity index (χ1n) is 5.52. The number of hydrogen-bond acceptors (Lipinski definition) is 3. The van der Waals surface area contributed by atoms with Gasteiger partial charge in [-0.1, -0.05) is 11.6 Å². The summed E-state index contributed by atoms with van der Waals surface area (Å²) in [5.74, 6) is -0.630. The number of methoxy groups -OCH3 is 1. The highest BCUT2D eigenvalue weighted by Gasteiger charge is 2.17. The average molecular weight is 280 g/mol. The lowest BCUT2D eigenvalue weighted by Gasteiger charge is -2.11. The van der Waals surface area contributed by atoms with Crippen LogP contribution in [0.1, 0.15) is 16.1 Å². The van der Waals surface area contributed by atoms with Gasteiger partial charge in [0.25, 0.3) is 0 Å². The van der Waals surface area contributed by atoms with Crippen molar-refractivity contribution in [3.8, 4) is 16.9 Å². The van der Waals surface area contributed by atoms with Crippen molar-refractivity contribution in [2.24, 2.45) is 0 Å². The van der Waals surface area contributed by atoms with Crippen LogP contribution < -0.4 is 4.74 Å². The number of benzene rings is 1. The largest absolute Gasteiger partial charge is 0.492 e. The van der Waals surface area contributed by atoms with Gasteiger partial charge in [-0.3, -0.25) is 9.78 Å². The molecule has 0 saturated heterocycles. The smallest absolute Gasteiger partial charge is 0.174 e. The van der Waals surface area contributed by atoms with Crippen molar-refractivity contribution in [3.05, 3.63) is 46.5 Å². The SMILES string of the molecule is COc1c(Cl)ccc(-c2cc(C)ncc2C=O)c1F. The van der Waals surface area contributed by atoms with Crippen molar-refractivity contribution in [2.75, 3.05) is 7.11 Å². The minimum absolute atomic E-state index is 0.0366. The first-order chi connectivity index (χ1) is 9.08. The Kier molecular flexibility index (Phi) is 3.81. The Hall–Kier alpha value is -1.94. The van der Waals surface area contributed by atoms with Crippen LogP contribution in [0.25, 0.3) is 11.1 Å². The first kappa shape index (κ1) is 13.5. The van der Waals surface area contributed by atoms with E-state index in [1.165, 1.54) is 25.4 Å². The van der Waals surface area contributed by atoms with Gasteiger partial charge in [-0.15, -0.1) is 0 Å². The second-order valence-corrected chi connectivity index (χ2v) is 4.38. The predicted molar refractivity (Wildman–Crippen MR) is 71.3 cm³/mol. The minimum atomic E-state index is -0.594. The Balaban J connectivity index is 2.72. The van der Waals surface area contributed by atoms with Gasteiger partial charge in [-0.25, -0.2) is 4.39 Å². The van der Waals surface area contributed by atoms with Crippen molar-refractivity contribution < 1.29 is 13.9 Å². The van der Waals surface area contributed by atoms with E-state index in [0.29, 0.717) is 23.1 Å². The van der Waals surface area contributed by atoms with E-state index in [4.69, 9.17) is 16.3 Å². The fourth-order valence-electron chi connectivity index (χ4n) is 1.83. The quantitative estimate of drug-likeness (QED) is 0.805. The molecule has 0 fully saturated rings. The maximum Gasteiger partial charge on any atom is 0.174 e. The van der Waals surface area contributed by atoms with Crippen LogP contribution in [-0.4, -0.2) is 18.4 Å². The van der Waals surface area contributed by atoms with Gasteiger partial charge < -0.3 is 4.74 Å². The summed E-state index contributed by atoms with van der Waals surface area (Å²) in [6, 6.07) is 4.70. The molecule has 0 unspecified atom stereocenters. The molecule has 0 bridgehead atoms. The predicted octanol–water partition coefficient (Wildman–Crippen LogP) is 3.67. The highest BCUT2D eigenvalue weighted by Crippen LogP contribution is 2.35. The van der Waals surface area contributed by atoms with Gasteiger partial charge >= 0.3 is 0 Å². The minimum Gasteiger partial charge on any atom is -0.492 e. The molecule has 0 radical (unpaired) electrons. The zero-order valence-corrected chi connectivity index (χ0v) is 11.2. The molecule has 2 rings (SSSR count). The summed E-state index contributed by atoms with van der Waals surface area (Å²) >= 11 is 5.85. The number of pyridine rings is 1. The highest BCUT2D eigenvalue weighted by atomic mass is 35.5. The third-order valence-corrected chi connectivity index (χ3v) is 3.04. The molecule has 19 heavy (non-hydrogen) atoms. The van der Waals surface area contributed by atoms with E-state index in [-0.39, 0.29) is 16.3 Å². The molecule has 1 heterocycles. The summed E-state index contributed by atoms with van der Waals surface area (Å²) in [4.78, 5) is 15.0. The third kappa shape index (κ3) is 2.44. The van der Waals surface area contributed by atoms with Gasteiger partial charge in [0.15, 0.2) is 17.9 Å². The molecule has 0 amide bonds. The number of carbonyl (C=O) groups excluding carboxylic acids is 1. The third-order valence-electron chi connectivity index (χ3n) is 2.74. The average Bonchev–Trinajstić information content (AvgIpc) is 2.39. The molecule has 1 aromatic carbocycles. The van der Waals surface area contributed by atoms with E-state index in [9.17, 15) is 9.18 Å². The summed E-state index contributed by atoms with van der Waals surface area (Å²) in [6.07, 6.45) is 2.06. The van der Waals surface area contributed by atoms with Gasteiger partial charge in [0.05, 0.1) is 12.1 Å². The number of halogens is 2. The molecule has 0 aliphatic heterocycles. The number of ether oxygens (including phenoxy) is 1. The normalized spacial score (nSPS) is 10.3. The van der Waals surface area contributed by atoms with Crippen LogP contribution in [0.4, 0.5) is 4.39 Å². The lowest BCUT2D eigenvalue weighted by molar-refractivity contribution is 0.112. The second kappa shape index (κ2) is 5.36. The molecular formula is C14H11ClFNO2. The molecule has 1 aromatic heterocycles. The van der Waals surface area contributed by atoms with Crippen molar-refractivity contribution >= 4 is 17.9 Å². The zero-order valence-electron chi connectivity index (χ0n) is 10.4. The molecule has 0 N–H and O–H groups in total. The van der Waals surface area contributed by atoms with Gasteiger partial charge in [0, 0.05) is 23.0 Å². The van der Waals surface area contributed by atoms with Gasteiger partial charge in [-0.2, -0.15) is 0 Å². The monoisotopic (exact) mass is 279 g/mol. The van der Waals surface area contributed by atoms with Crippen molar-refractivity contribution in [1.82, 2.24) is 4.98 Å². The Labute approximate surface area is 115 Å². The van der Waals surface area contributed by atoms with Crippen LogP contribution in [0, 0.1) is 12.7 Å². The molecule has 0 spiro atoms. The number of carbonyl (C=O) groups is 1. The molecule has 2 aromatic rings. The fraction of sp³-hybridized carbons (Fsp3) is 0.143. The van der Waals surface area contributed by atoms with Gasteiger partial charge in [0.1, 0.15) is 0 Å². The highest BCUT2D eigenvalue weighted by molar-refractivity contribution is 6.32. The van der Waals surface area contributed by atoms with Gasteiger partial charge in [0.2, 0.25) is 0 Å². The standard InChI is InChI=1S/C14H11ClFNO2/c1-8-5-11(9(7-18)6-17-8)10-3-4-12(15)14(19-2)13(10)16/h3-7H,1-2H3. The summed E-state index contributed by atoms with van der Waals surface area (Å²) in [5.41, 5.74) is 1.73. The number of nitrogens with zero attached hydrogens (tertiary/aromatic N) is 1. The number of hydrogen-bond donors (Lipinski definition) is 0. The number of aryl methyl sites for hydroxylation is 1. The van der Waals surface area contributed by atoms with Crippen LogP contribution in [0.3, 0.4) is 0 Å². The van der Waals surface area contributed by atoms with E-state index >= 15 is 0 Å². The number of aldehydes is 1. The zero-order chi connectivity index (χ0) is 14.0. The van der Waals surface area contributed by atoms with E-state index in [2.05, 4.69) is 4.98 Å². The Morgan fingerprint density at radius 1 is 1.37 bits per heavy atom. The maximum absolute atomic E-state index is 14.3.